The Morgan fingerprint density at radius 1 is 0.953 bits per heavy atom. The van der Waals surface area contributed by atoms with Crippen molar-refractivity contribution in [2.24, 2.45) is 5.10 Å². The number of hydrogen-bond acceptors (Lipinski definition) is 7. The summed E-state index contributed by atoms with van der Waals surface area (Å²) >= 11 is 15.6. The molecule has 0 aromatic heterocycles. The second kappa shape index (κ2) is 14.6. The summed E-state index contributed by atoms with van der Waals surface area (Å²) in [6, 6.07) is 22.9. The van der Waals surface area contributed by atoms with Gasteiger partial charge in [0.1, 0.15) is 18.9 Å². The molecule has 0 aliphatic carbocycles. The summed E-state index contributed by atoms with van der Waals surface area (Å²) in [5.74, 6) is 0.648. The van der Waals surface area contributed by atoms with E-state index < -0.39 is 22.5 Å². The van der Waals surface area contributed by atoms with Crippen molar-refractivity contribution in [1.29, 1.82) is 0 Å². The fourth-order valence-electron chi connectivity index (χ4n) is 3.88. The van der Waals surface area contributed by atoms with Crippen LogP contribution in [-0.4, -0.2) is 41.3 Å². The van der Waals surface area contributed by atoms with E-state index in [-0.39, 0.29) is 17.2 Å². The summed E-state index contributed by atoms with van der Waals surface area (Å²) in [6.07, 6.45) is 1.40. The van der Waals surface area contributed by atoms with Crippen molar-refractivity contribution in [3.63, 3.8) is 0 Å². The summed E-state index contributed by atoms with van der Waals surface area (Å²) in [5, 5.41) is 4.89. The molecule has 224 valence electrons. The van der Waals surface area contributed by atoms with Gasteiger partial charge in [0.2, 0.25) is 0 Å². The van der Waals surface area contributed by atoms with Crippen molar-refractivity contribution in [3.8, 4) is 17.2 Å². The van der Waals surface area contributed by atoms with Crippen molar-refractivity contribution in [2.45, 2.75) is 11.5 Å². The first-order valence-electron chi connectivity index (χ1n) is 12.6. The third-order valence-electron chi connectivity index (χ3n) is 5.98. The highest BCUT2D eigenvalue weighted by Crippen LogP contribution is 2.37. The second-order valence-electron chi connectivity index (χ2n) is 8.89. The Balaban J connectivity index is 1.49. The molecule has 4 rings (SSSR count). The number of methoxy groups -OCH3 is 2. The van der Waals surface area contributed by atoms with E-state index in [1.54, 1.807) is 66.7 Å². The van der Waals surface area contributed by atoms with Gasteiger partial charge in [0, 0.05) is 6.07 Å². The number of amides is 1. The molecule has 1 amide bonds. The maximum absolute atomic E-state index is 13.5. The predicted octanol–water partition coefficient (Wildman–Crippen LogP) is 6.70. The summed E-state index contributed by atoms with van der Waals surface area (Å²) in [4.78, 5) is 13.0. The topological polar surface area (TPSA) is 107 Å². The molecular formula is C30H26BrCl2N3O6S. The van der Waals surface area contributed by atoms with E-state index in [2.05, 4.69) is 26.5 Å². The van der Waals surface area contributed by atoms with Crippen molar-refractivity contribution in [1.82, 2.24) is 5.43 Å². The molecule has 0 atom stereocenters. The number of hydrogen-bond donors (Lipinski definition) is 1. The minimum atomic E-state index is -4.09. The Bertz CT molecular complexity index is 1740. The lowest BCUT2D eigenvalue weighted by atomic mass is 10.2. The minimum absolute atomic E-state index is 0.0348. The maximum atomic E-state index is 13.5. The summed E-state index contributed by atoms with van der Waals surface area (Å²) in [5.41, 5.74) is 4.04. The van der Waals surface area contributed by atoms with Gasteiger partial charge in [-0.15, -0.1) is 0 Å². The van der Waals surface area contributed by atoms with Crippen LogP contribution in [0, 0.1) is 0 Å². The molecule has 0 bridgehead atoms. The molecule has 9 nitrogen and oxygen atoms in total. The SMILES string of the molecule is COc1cccc(N(CC(=O)N/N=C\c2cc(Br)c(OCc3ccc(Cl)c(Cl)c3)c(OC)c2)S(=O)(=O)c2ccccc2)c1. The summed E-state index contributed by atoms with van der Waals surface area (Å²) < 4.78 is 45.3. The molecule has 4 aromatic rings. The Morgan fingerprint density at radius 3 is 2.42 bits per heavy atom. The van der Waals surface area contributed by atoms with Gasteiger partial charge in [0.15, 0.2) is 11.5 Å². The van der Waals surface area contributed by atoms with Crippen LogP contribution in [0.2, 0.25) is 10.0 Å². The van der Waals surface area contributed by atoms with Crippen molar-refractivity contribution in [2.75, 3.05) is 25.1 Å². The molecule has 4 aromatic carbocycles. The quantitative estimate of drug-likeness (QED) is 0.130. The van der Waals surface area contributed by atoms with Crippen LogP contribution >= 0.6 is 39.1 Å². The predicted molar refractivity (Wildman–Crippen MR) is 171 cm³/mol. The van der Waals surface area contributed by atoms with Gasteiger partial charge >= 0.3 is 0 Å². The average Bonchev–Trinajstić information content (AvgIpc) is 3.01. The van der Waals surface area contributed by atoms with E-state index in [1.807, 2.05) is 0 Å². The van der Waals surface area contributed by atoms with Crippen molar-refractivity contribution in [3.05, 3.63) is 111 Å². The van der Waals surface area contributed by atoms with Crippen LogP contribution in [0.4, 0.5) is 5.69 Å². The van der Waals surface area contributed by atoms with Crippen LogP contribution in [0.5, 0.6) is 17.2 Å². The summed E-state index contributed by atoms with van der Waals surface area (Å²) in [6.45, 7) is -0.318. The van der Waals surface area contributed by atoms with E-state index >= 15 is 0 Å². The molecule has 43 heavy (non-hydrogen) atoms. The average molecular weight is 707 g/mol. The highest BCUT2D eigenvalue weighted by molar-refractivity contribution is 9.10. The molecule has 13 heteroatoms. The monoisotopic (exact) mass is 705 g/mol. The molecular weight excluding hydrogens is 681 g/mol. The van der Waals surface area contributed by atoms with Crippen LogP contribution in [0.25, 0.3) is 0 Å². The molecule has 0 heterocycles. The maximum Gasteiger partial charge on any atom is 0.264 e. The Kier molecular flexibility index (Phi) is 10.9. The number of rotatable bonds is 12. The van der Waals surface area contributed by atoms with Gasteiger partial charge in [-0.1, -0.05) is 53.5 Å². The van der Waals surface area contributed by atoms with Gasteiger partial charge in [0.05, 0.1) is 45.5 Å². The lowest BCUT2D eigenvalue weighted by molar-refractivity contribution is -0.119. The van der Waals surface area contributed by atoms with E-state index in [9.17, 15) is 13.2 Å². The molecule has 0 radical (unpaired) electrons. The van der Waals surface area contributed by atoms with Gasteiger partial charge in [-0.2, -0.15) is 5.10 Å². The number of ether oxygens (including phenoxy) is 3. The molecule has 0 unspecified atom stereocenters. The standard InChI is InChI=1S/C30H26BrCl2N3O6S/c1-40-23-8-6-7-22(16-23)36(43(38,39)24-9-4-3-5-10-24)18-29(37)35-34-17-21-13-25(31)30(28(15-21)41-2)42-19-20-11-12-26(32)27(33)14-20/h3-17H,18-19H2,1-2H3,(H,35,37)/b34-17-. The first-order chi connectivity index (χ1) is 20.6. The van der Waals surface area contributed by atoms with Gasteiger partial charge < -0.3 is 14.2 Å². The van der Waals surface area contributed by atoms with E-state index in [0.29, 0.717) is 37.3 Å². The van der Waals surface area contributed by atoms with Crippen LogP contribution in [0.1, 0.15) is 11.1 Å². The zero-order chi connectivity index (χ0) is 31.0. The van der Waals surface area contributed by atoms with Crippen LogP contribution < -0.4 is 23.9 Å². The normalized spacial score (nSPS) is 11.3. The van der Waals surface area contributed by atoms with Gasteiger partial charge in [-0.25, -0.2) is 13.8 Å². The highest BCUT2D eigenvalue weighted by Gasteiger charge is 2.27. The molecule has 0 spiro atoms. The lowest BCUT2D eigenvalue weighted by Crippen LogP contribution is -2.39. The molecule has 0 saturated carbocycles. The van der Waals surface area contributed by atoms with E-state index in [4.69, 9.17) is 37.4 Å². The molecule has 0 saturated heterocycles. The van der Waals surface area contributed by atoms with Crippen LogP contribution in [-0.2, 0) is 21.4 Å². The van der Waals surface area contributed by atoms with Crippen LogP contribution in [0.15, 0.2) is 99.4 Å². The molecule has 0 aliphatic heterocycles. The number of hydrazone groups is 1. The van der Waals surface area contributed by atoms with E-state index in [1.165, 1.54) is 38.6 Å². The fourth-order valence-corrected chi connectivity index (χ4v) is 6.21. The molecule has 0 fully saturated rings. The first kappa shape index (κ1) is 32.2. The zero-order valence-corrected chi connectivity index (χ0v) is 26.9. The number of anilines is 1. The molecule has 1 N–H and O–H groups in total. The van der Waals surface area contributed by atoms with E-state index in [0.717, 1.165) is 9.87 Å². The minimum Gasteiger partial charge on any atom is -0.497 e. The number of carbonyl (C=O) groups is 1. The smallest absolute Gasteiger partial charge is 0.264 e. The number of carbonyl (C=O) groups excluding carboxylic acids is 1. The first-order valence-corrected chi connectivity index (χ1v) is 15.6. The number of halogens is 3. The number of benzene rings is 4. The van der Waals surface area contributed by atoms with Gasteiger partial charge in [-0.05, 0) is 75.6 Å². The van der Waals surface area contributed by atoms with Crippen molar-refractivity contribution < 1.29 is 27.4 Å². The fraction of sp³-hybridized carbons (Fsp3) is 0.133. The Hall–Kier alpha value is -3.77. The van der Waals surface area contributed by atoms with Gasteiger partial charge in [-0.3, -0.25) is 9.10 Å². The number of sulfonamides is 1. The number of nitrogens with one attached hydrogen (secondary N) is 1. The highest BCUT2D eigenvalue weighted by atomic mass is 79.9. The number of nitrogens with zero attached hydrogens (tertiary/aromatic N) is 2. The Labute approximate surface area is 268 Å². The third-order valence-corrected chi connectivity index (χ3v) is 9.10. The van der Waals surface area contributed by atoms with Gasteiger partial charge in [0.25, 0.3) is 15.9 Å². The Morgan fingerprint density at radius 2 is 1.72 bits per heavy atom. The molecule has 0 aliphatic rings. The van der Waals surface area contributed by atoms with Crippen molar-refractivity contribution >= 4 is 67.0 Å². The van der Waals surface area contributed by atoms with Crippen LogP contribution in [0.3, 0.4) is 0 Å². The largest absolute Gasteiger partial charge is 0.497 e. The summed E-state index contributed by atoms with van der Waals surface area (Å²) in [7, 11) is -1.12. The second-order valence-corrected chi connectivity index (χ2v) is 12.4. The zero-order valence-electron chi connectivity index (χ0n) is 23.0. The lowest BCUT2D eigenvalue weighted by Gasteiger charge is -2.24. The third kappa shape index (κ3) is 8.20.